The molecule has 0 aliphatic rings. The number of phenolic OH excluding ortho intramolecular Hbond substituents is 1. The standard InChI is InChI=1S/C9H10F2N2O3/c10-9(11,5-12)4-6-1-2-7(13(15)16)8(14)3-6/h1-3,14H,4-5,12H2. The molecule has 0 aliphatic heterocycles. The van der Waals surface area contributed by atoms with Crippen molar-refractivity contribution in [1.82, 2.24) is 0 Å². The quantitative estimate of drug-likeness (QED) is 0.607. The second-order valence-corrected chi connectivity index (χ2v) is 3.32. The molecule has 0 aromatic heterocycles. The van der Waals surface area contributed by atoms with Gasteiger partial charge in [-0.3, -0.25) is 10.1 Å². The van der Waals surface area contributed by atoms with E-state index in [1.54, 1.807) is 0 Å². The monoisotopic (exact) mass is 232 g/mol. The molecule has 0 unspecified atom stereocenters. The van der Waals surface area contributed by atoms with E-state index >= 15 is 0 Å². The number of halogens is 2. The van der Waals surface area contributed by atoms with Gasteiger partial charge in [-0.05, 0) is 11.6 Å². The van der Waals surface area contributed by atoms with Gasteiger partial charge in [0.05, 0.1) is 11.5 Å². The third-order valence-corrected chi connectivity index (χ3v) is 2.00. The molecule has 0 spiro atoms. The number of hydrogen-bond donors (Lipinski definition) is 2. The van der Waals surface area contributed by atoms with Crippen LogP contribution in [-0.4, -0.2) is 22.5 Å². The molecule has 0 saturated carbocycles. The van der Waals surface area contributed by atoms with Crippen LogP contribution in [0.3, 0.4) is 0 Å². The van der Waals surface area contributed by atoms with Crippen LogP contribution in [-0.2, 0) is 6.42 Å². The van der Waals surface area contributed by atoms with Crippen LogP contribution >= 0.6 is 0 Å². The van der Waals surface area contributed by atoms with Crippen molar-refractivity contribution in [2.75, 3.05) is 6.54 Å². The number of aromatic hydroxyl groups is 1. The molecule has 0 radical (unpaired) electrons. The molecule has 3 N–H and O–H groups in total. The van der Waals surface area contributed by atoms with E-state index in [-0.39, 0.29) is 5.56 Å². The van der Waals surface area contributed by atoms with Gasteiger partial charge in [0.25, 0.3) is 5.92 Å². The van der Waals surface area contributed by atoms with E-state index < -0.39 is 35.2 Å². The molecule has 88 valence electrons. The minimum absolute atomic E-state index is 0.0959. The molecule has 0 heterocycles. The van der Waals surface area contributed by atoms with Gasteiger partial charge in [-0.15, -0.1) is 0 Å². The Bertz CT molecular complexity index is 410. The lowest BCUT2D eigenvalue weighted by molar-refractivity contribution is -0.385. The first-order chi connectivity index (χ1) is 7.35. The van der Waals surface area contributed by atoms with Crippen molar-refractivity contribution in [3.8, 4) is 5.75 Å². The molecule has 7 heteroatoms. The minimum Gasteiger partial charge on any atom is -0.502 e. The molecule has 0 fully saturated rings. The van der Waals surface area contributed by atoms with Gasteiger partial charge in [0.1, 0.15) is 0 Å². The zero-order valence-corrected chi connectivity index (χ0v) is 8.19. The first-order valence-electron chi connectivity index (χ1n) is 4.40. The maximum atomic E-state index is 12.9. The molecular weight excluding hydrogens is 222 g/mol. The molecule has 0 amide bonds. The molecule has 1 rings (SSSR count). The van der Waals surface area contributed by atoms with E-state index in [1.165, 1.54) is 6.07 Å². The number of hydrogen-bond acceptors (Lipinski definition) is 4. The number of nitro groups is 1. The molecule has 1 aromatic carbocycles. The number of phenols is 1. The Kier molecular flexibility index (Phi) is 3.38. The Hall–Kier alpha value is -1.76. The van der Waals surface area contributed by atoms with Gasteiger partial charge in [0.2, 0.25) is 0 Å². The molecule has 1 aromatic rings. The van der Waals surface area contributed by atoms with Crippen LogP contribution in [0.1, 0.15) is 5.56 Å². The first kappa shape index (κ1) is 12.3. The summed E-state index contributed by atoms with van der Waals surface area (Å²) < 4.78 is 25.8. The molecule has 16 heavy (non-hydrogen) atoms. The summed E-state index contributed by atoms with van der Waals surface area (Å²) in [6.07, 6.45) is -0.658. The van der Waals surface area contributed by atoms with Crippen LogP contribution in [0.4, 0.5) is 14.5 Å². The average Bonchev–Trinajstić information content (AvgIpc) is 2.16. The molecule has 0 saturated heterocycles. The normalized spacial score (nSPS) is 11.4. The fourth-order valence-electron chi connectivity index (χ4n) is 1.20. The van der Waals surface area contributed by atoms with Crippen molar-refractivity contribution < 1.29 is 18.8 Å². The summed E-state index contributed by atoms with van der Waals surface area (Å²) in [5, 5.41) is 19.6. The van der Waals surface area contributed by atoms with E-state index in [1.807, 2.05) is 0 Å². The van der Waals surface area contributed by atoms with Crippen LogP contribution in [0.15, 0.2) is 18.2 Å². The van der Waals surface area contributed by atoms with Gasteiger partial charge in [-0.1, -0.05) is 6.07 Å². The van der Waals surface area contributed by atoms with E-state index in [0.717, 1.165) is 12.1 Å². The number of nitrogens with two attached hydrogens (primary N) is 1. The van der Waals surface area contributed by atoms with Crippen molar-refractivity contribution in [2.24, 2.45) is 5.73 Å². The van der Waals surface area contributed by atoms with Crippen LogP contribution in [0.25, 0.3) is 0 Å². The van der Waals surface area contributed by atoms with Gasteiger partial charge >= 0.3 is 5.69 Å². The molecular formula is C9H10F2N2O3. The third kappa shape index (κ3) is 2.86. The lowest BCUT2D eigenvalue weighted by Crippen LogP contribution is -2.30. The van der Waals surface area contributed by atoms with Gasteiger partial charge in [-0.25, -0.2) is 8.78 Å². The maximum absolute atomic E-state index is 12.9. The summed E-state index contributed by atoms with van der Waals surface area (Å²) in [6.45, 7) is -0.815. The smallest absolute Gasteiger partial charge is 0.310 e. The predicted molar refractivity (Wildman–Crippen MR) is 52.5 cm³/mol. The lowest BCUT2D eigenvalue weighted by Gasteiger charge is -2.13. The summed E-state index contributed by atoms with van der Waals surface area (Å²) in [5.74, 6) is -3.71. The topological polar surface area (TPSA) is 89.4 Å². The number of nitro benzene ring substituents is 1. The number of alkyl halides is 2. The maximum Gasteiger partial charge on any atom is 0.310 e. The van der Waals surface area contributed by atoms with Gasteiger partial charge in [-0.2, -0.15) is 0 Å². The second-order valence-electron chi connectivity index (χ2n) is 3.32. The average molecular weight is 232 g/mol. The highest BCUT2D eigenvalue weighted by Gasteiger charge is 2.27. The summed E-state index contributed by atoms with van der Waals surface area (Å²) in [6, 6.07) is 3.10. The predicted octanol–water partition coefficient (Wildman–Crippen LogP) is 1.44. The summed E-state index contributed by atoms with van der Waals surface area (Å²) in [5.41, 5.74) is 4.43. The van der Waals surface area contributed by atoms with Gasteiger partial charge < -0.3 is 10.8 Å². The van der Waals surface area contributed by atoms with Gasteiger partial charge in [0, 0.05) is 12.5 Å². The zero-order chi connectivity index (χ0) is 12.3. The zero-order valence-electron chi connectivity index (χ0n) is 8.19. The number of rotatable bonds is 4. The van der Waals surface area contributed by atoms with Crippen molar-refractivity contribution in [3.05, 3.63) is 33.9 Å². The first-order valence-corrected chi connectivity index (χ1v) is 4.40. The minimum atomic E-state index is -3.08. The van der Waals surface area contributed by atoms with Crippen molar-refractivity contribution in [2.45, 2.75) is 12.3 Å². The Morgan fingerprint density at radius 2 is 2.12 bits per heavy atom. The fraction of sp³-hybridized carbons (Fsp3) is 0.333. The SMILES string of the molecule is NCC(F)(F)Cc1ccc([N+](=O)[O-])c(O)c1. The van der Waals surface area contributed by atoms with Gasteiger partial charge in [0.15, 0.2) is 5.75 Å². The van der Waals surface area contributed by atoms with Crippen LogP contribution < -0.4 is 5.73 Å². The summed E-state index contributed by atoms with van der Waals surface area (Å²) >= 11 is 0. The Morgan fingerprint density at radius 1 is 1.50 bits per heavy atom. The number of benzene rings is 1. The highest BCUT2D eigenvalue weighted by Crippen LogP contribution is 2.28. The second kappa shape index (κ2) is 4.40. The summed E-state index contributed by atoms with van der Waals surface area (Å²) in [7, 11) is 0. The largest absolute Gasteiger partial charge is 0.502 e. The van der Waals surface area contributed by atoms with Crippen molar-refractivity contribution in [3.63, 3.8) is 0 Å². The fourth-order valence-corrected chi connectivity index (χ4v) is 1.20. The van der Waals surface area contributed by atoms with E-state index in [2.05, 4.69) is 0 Å². The van der Waals surface area contributed by atoms with Crippen LogP contribution in [0.2, 0.25) is 0 Å². The third-order valence-electron chi connectivity index (χ3n) is 2.00. The lowest BCUT2D eigenvalue weighted by atomic mass is 10.1. The van der Waals surface area contributed by atoms with E-state index in [9.17, 15) is 24.0 Å². The van der Waals surface area contributed by atoms with E-state index in [4.69, 9.17) is 5.73 Å². The Balaban J connectivity index is 2.94. The molecule has 0 bridgehead atoms. The summed E-state index contributed by atoms with van der Waals surface area (Å²) in [4.78, 5) is 9.56. The number of nitrogens with zero attached hydrogens (tertiary/aromatic N) is 1. The van der Waals surface area contributed by atoms with Crippen LogP contribution in [0, 0.1) is 10.1 Å². The molecule has 0 atom stereocenters. The Morgan fingerprint density at radius 3 is 2.56 bits per heavy atom. The van der Waals surface area contributed by atoms with Crippen molar-refractivity contribution >= 4 is 5.69 Å². The highest BCUT2D eigenvalue weighted by atomic mass is 19.3. The Labute approximate surface area is 89.6 Å². The molecule has 5 nitrogen and oxygen atoms in total. The van der Waals surface area contributed by atoms with Crippen LogP contribution in [0.5, 0.6) is 5.75 Å². The highest BCUT2D eigenvalue weighted by molar-refractivity contribution is 5.47. The van der Waals surface area contributed by atoms with E-state index in [0.29, 0.717) is 0 Å². The van der Waals surface area contributed by atoms with Crippen molar-refractivity contribution in [1.29, 1.82) is 0 Å². The molecule has 0 aliphatic carbocycles.